The lowest BCUT2D eigenvalue weighted by Crippen LogP contribution is -2.23. The van der Waals surface area contributed by atoms with Gasteiger partial charge < -0.3 is 19.3 Å². The van der Waals surface area contributed by atoms with Crippen LogP contribution in [0.2, 0.25) is 0 Å². The molecule has 2 heterocycles. The van der Waals surface area contributed by atoms with E-state index in [1.54, 1.807) is 38.9 Å². The van der Waals surface area contributed by atoms with Crippen LogP contribution in [0.5, 0.6) is 11.5 Å². The number of aromatic nitrogens is 4. The van der Waals surface area contributed by atoms with E-state index in [0.717, 1.165) is 22.4 Å². The number of hydrogen-bond acceptors (Lipinski definition) is 7. The molecule has 0 aliphatic carbocycles. The third-order valence-corrected chi connectivity index (χ3v) is 5.31. The monoisotopic (exact) mass is 447 g/mol. The van der Waals surface area contributed by atoms with Crippen molar-refractivity contribution in [3.05, 3.63) is 70.9 Å². The Morgan fingerprint density at radius 2 is 1.91 bits per heavy atom. The molecule has 2 aromatic heterocycles. The largest absolute Gasteiger partial charge is 0.497 e. The number of nitrogens with one attached hydrogen (secondary N) is 1. The maximum Gasteiger partial charge on any atom is 0.255 e. The van der Waals surface area contributed by atoms with Crippen molar-refractivity contribution in [1.82, 2.24) is 25.2 Å². The highest BCUT2D eigenvalue weighted by Gasteiger charge is 2.17. The molecule has 1 N–H and O–H groups in total. The number of nitrogens with zero attached hydrogens (tertiary/aromatic N) is 4. The standard InChI is InChI=1S/C24H25N5O4/c1-14-6-7-17(23-26-16(3)33-28-23)11-21(14)29-13-20(15(2)27-29)24(30)25-12-18-10-19(31-4)8-9-22(18)32-5/h6-11,13H,12H2,1-5H3,(H,25,30). The van der Waals surface area contributed by atoms with Crippen LogP contribution in [0.4, 0.5) is 0 Å². The molecule has 0 unspecified atom stereocenters. The summed E-state index contributed by atoms with van der Waals surface area (Å²) in [4.78, 5) is 17.2. The molecule has 4 aromatic rings. The molecule has 9 nitrogen and oxygen atoms in total. The van der Waals surface area contributed by atoms with Crippen LogP contribution in [-0.2, 0) is 6.54 Å². The van der Waals surface area contributed by atoms with Crippen molar-refractivity contribution >= 4 is 5.91 Å². The molecule has 0 fully saturated rings. The number of amides is 1. The summed E-state index contributed by atoms with van der Waals surface area (Å²) >= 11 is 0. The fraction of sp³-hybridized carbons (Fsp3) is 0.250. The highest BCUT2D eigenvalue weighted by molar-refractivity contribution is 5.95. The fourth-order valence-corrected chi connectivity index (χ4v) is 3.51. The maximum absolute atomic E-state index is 12.9. The van der Waals surface area contributed by atoms with Crippen LogP contribution in [0.25, 0.3) is 17.1 Å². The Balaban J connectivity index is 1.57. The van der Waals surface area contributed by atoms with E-state index in [0.29, 0.717) is 34.5 Å². The molecule has 0 radical (unpaired) electrons. The van der Waals surface area contributed by atoms with Gasteiger partial charge in [-0.1, -0.05) is 17.3 Å². The van der Waals surface area contributed by atoms with Crippen molar-refractivity contribution in [2.24, 2.45) is 0 Å². The number of benzene rings is 2. The van der Waals surface area contributed by atoms with E-state index in [9.17, 15) is 4.79 Å². The summed E-state index contributed by atoms with van der Waals surface area (Å²) in [5.74, 6) is 2.13. The van der Waals surface area contributed by atoms with Crippen molar-refractivity contribution < 1.29 is 18.8 Å². The van der Waals surface area contributed by atoms with Gasteiger partial charge in [-0.05, 0) is 43.7 Å². The molecule has 0 saturated heterocycles. The number of aryl methyl sites for hydroxylation is 3. The first-order valence-electron chi connectivity index (χ1n) is 10.4. The predicted molar refractivity (Wildman–Crippen MR) is 122 cm³/mol. The number of rotatable bonds is 7. The Labute approximate surface area is 191 Å². The van der Waals surface area contributed by atoms with E-state index in [4.69, 9.17) is 14.0 Å². The van der Waals surface area contributed by atoms with Crippen LogP contribution in [0.1, 0.15) is 33.1 Å². The Morgan fingerprint density at radius 3 is 2.61 bits per heavy atom. The molecule has 0 aliphatic heterocycles. The Bertz CT molecular complexity index is 1310. The molecule has 0 atom stereocenters. The van der Waals surface area contributed by atoms with Crippen molar-refractivity contribution in [3.8, 4) is 28.6 Å². The molecule has 0 spiro atoms. The van der Waals surface area contributed by atoms with Gasteiger partial charge in [0.1, 0.15) is 11.5 Å². The zero-order valence-corrected chi connectivity index (χ0v) is 19.2. The average molecular weight is 447 g/mol. The van der Waals surface area contributed by atoms with Crippen LogP contribution in [-0.4, -0.2) is 40.0 Å². The number of hydrogen-bond donors (Lipinski definition) is 1. The number of carbonyl (C=O) groups excluding carboxylic acids is 1. The van der Waals surface area contributed by atoms with Crippen LogP contribution in [0.15, 0.2) is 47.1 Å². The fourth-order valence-electron chi connectivity index (χ4n) is 3.51. The van der Waals surface area contributed by atoms with Crippen molar-refractivity contribution in [2.75, 3.05) is 14.2 Å². The third-order valence-electron chi connectivity index (χ3n) is 5.31. The van der Waals surface area contributed by atoms with Gasteiger partial charge in [0.15, 0.2) is 0 Å². The molecule has 0 saturated carbocycles. The summed E-state index contributed by atoms with van der Waals surface area (Å²) < 4.78 is 17.5. The van der Waals surface area contributed by atoms with Gasteiger partial charge in [0.2, 0.25) is 11.7 Å². The van der Waals surface area contributed by atoms with Crippen LogP contribution in [0.3, 0.4) is 0 Å². The SMILES string of the molecule is COc1ccc(OC)c(CNC(=O)c2cn(-c3cc(-c4noc(C)n4)ccc3C)nc2C)c1. The van der Waals surface area contributed by atoms with Crippen LogP contribution in [0, 0.1) is 20.8 Å². The molecule has 4 rings (SSSR count). The third kappa shape index (κ3) is 4.57. The average Bonchev–Trinajstić information content (AvgIpc) is 3.43. The van der Waals surface area contributed by atoms with E-state index < -0.39 is 0 Å². The minimum atomic E-state index is -0.230. The number of carbonyl (C=O) groups is 1. The molecular formula is C24H25N5O4. The summed E-state index contributed by atoms with van der Waals surface area (Å²) in [5, 5.41) is 11.5. The first-order chi connectivity index (χ1) is 15.9. The minimum Gasteiger partial charge on any atom is -0.497 e. The minimum absolute atomic E-state index is 0.230. The lowest BCUT2D eigenvalue weighted by molar-refractivity contribution is 0.0950. The van der Waals surface area contributed by atoms with E-state index in [2.05, 4.69) is 20.6 Å². The molecule has 0 bridgehead atoms. The second-order valence-corrected chi connectivity index (χ2v) is 7.57. The normalized spacial score (nSPS) is 10.8. The van der Waals surface area contributed by atoms with Crippen molar-refractivity contribution in [2.45, 2.75) is 27.3 Å². The van der Waals surface area contributed by atoms with Gasteiger partial charge in [0, 0.05) is 30.8 Å². The molecule has 33 heavy (non-hydrogen) atoms. The van der Waals surface area contributed by atoms with Gasteiger partial charge in [-0.15, -0.1) is 0 Å². The molecule has 2 aromatic carbocycles. The Hall–Kier alpha value is -4.14. The molecule has 9 heteroatoms. The van der Waals surface area contributed by atoms with Gasteiger partial charge in [-0.3, -0.25) is 4.79 Å². The Morgan fingerprint density at radius 1 is 1.09 bits per heavy atom. The van der Waals surface area contributed by atoms with E-state index in [1.165, 1.54) is 0 Å². The predicted octanol–water partition coefficient (Wildman–Crippen LogP) is 3.79. The topological polar surface area (TPSA) is 104 Å². The second-order valence-electron chi connectivity index (χ2n) is 7.57. The zero-order valence-electron chi connectivity index (χ0n) is 19.2. The smallest absolute Gasteiger partial charge is 0.255 e. The summed E-state index contributed by atoms with van der Waals surface area (Å²) in [5.41, 5.74) is 4.54. The van der Waals surface area contributed by atoms with E-state index in [1.807, 2.05) is 43.3 Å². The van der Waals surface area contributed by atoms with Crippen molar-refractivity contribution in [1.29, 1.82) is 0 Å². The van der Waals surface area contributed by atoms with Crippen LogP contribution >= 0.6 is 0 Å². The summed E-state index contributed by atoms with van der Waals surface area (Å²) in [6, 6.07) is 11.3. The number of methoxy groups -OCH3 is 2. The second kappa shape index (κ2) is 9.15. The summed E-state index contributed by atoms with van der Waals surface area (Å²) in [6.45, 7) is 5.82. The maximum atomic E-state index is 12.9. The number of ether oxygens (including phenoxy) is 2. The van der Waals surface area contributed by atoms with Gasteiger partial charge in [-0.25, -0.2) is 4.68 Å². The highest BCUT2D eigenvalue weighted by Crippen LogP contribution is 2.25. The molecular weight excluding hydrogens is 422 g/mol. The van der Waals surface area contributed by atoms with Gasteiger partial charge >= 0.3 is 0 Å². The van der Waals surface area contributed by atoms with Gasteiger partial charge in [-0.2, -0.15) is 10.1 Å². The quantitative estimate of drug-likeness (QED) is 0.459. The summed E-state index contributed by atoms with van der Waals surface area (Å²) in [6.07, 6.45) is 1.72. The van der Waals surface area contributed by atoms with E-state index >= 15 is 0 Å². The van der Waals surface area contributed by atoms with Gasteiger partial charge in [0.25, 0.3) is 5.91 Å². The zero-order chi connectivity index (χ0) is 23.5. The molecule has 1 amide bonds. The van der Waals surface area contributed by atoms with E-state index in [-0.39, 0.29) is 12.5 Å². The first-order valence-corrected chi connectivity index (χ1v) is 10.4. The summed E-state index contributed by atoms with van der Waals surface area (Å²) in [7, 11) is 3.19. The molecule has 0 aliphatic rings. The Kier molecular flexibility index (Phi) is 6.12. The molecule has 170 valence electrons. The highest BCUT2D eigenvalue weighted by atomic mass is 16.5. The lowest BCUT2D eigenvalue weighted by atomic mass is 10.1. The van der Waals surface area contributed by atoms with Gasteiger partial charge in [0.05, 0.1) is 31.2 Å². The van der Waals surface area contributed by atoms with Crippen LogP contribution < -0.4 is 14.8 Å². The lowest BCUT2D eigenvalue weighted by Gasteiger charge is -2.11. The van der Waals surface area contributed by atoms with Crippen molar-refractivity contribution in [3.63, 3.8) is 0 Å². The first kappa shape index (κ1) is 22.1.